The zero-order valence-corrected chi connectivity index (χ0v) is 6.36. The lowest BCUT2D eigenvalue weighted by Crippen LogP contribution is -2.19. The maximum Gasteiger partial charge on any atom is 0.422 e. The lowest BCUT2D eigenvalue weighted by molar-refractivity contribution is -0.158. The summed E-state index contributed by atoms with van der Waals surface area (Å²) < 4.78 is 16.9. The molecule has 0 bridgehead atoms. The third-order valence-electron chi connectivity index (χ3n) is 1.21. The predicted molar refractivity (Wildman–Crippen MR) is 39.7 cm³/mol. The van der Waals surface area contributed by atoms with Gasteiger partial charge in [0, 0.05) is 0 Å². The average molecular weight is 184 g/mol. The number of hydrogen-bond donors (Lipinski definition) is 1. The van der Waals surface area contributed by atoms with Crippen molar-refractivity contribution < 1.29 is 23.8 Å². The van der Waals surface area contributed by atoms with Crippen LogP contribution in [0.3, 0.4) is 0 Å². The monoisotopic (exact) mass is 184 g/mol. The van der Waals surface area contributed by atoms with Crippen LogP contribution in [0.4, 0.5) is 4.39 Å². The molecule has 0 atom stereocenters. The first-order valence-electron chi connectivity index (χ1n) is 3.31. The van der Waals surface area contributed by atoms with Gasteiger partial charge in [-0.15, -0.1) is 0 Å². The number of carboxylic acid groups (broad SMARTS) is 1. The smallest absolute Gasteiger partial charge is 0.422 e. The number of aliphatic carboxylic acids is 1. The highest BCUT2D eigenvalue weighted by atomic mass is 19.1. The number of carbonyl (C=O) groups is 2. The van der Waals surface area contributed by atoms with Crippen LogP contribution in [0, 0.1) is 5.82 Å². The largest absolute Gasteiger partial charge is 0.473 e. The van der Waals surface area contributed by atoms with Gasteiger partial charge in [0.25, 0.3) is 0 Å². The van der Waals surface area contributed by atoms with Crippen LogP contribution < -0.4 is 4.74 Å². The topological polar surface area (TPSA) is 63.6 Å². The summed E-state index contributed by atoms with van der Waals surface area (Å²) in [6.07, 6.45) is 0. The Labute approximate surface area is 72.6 Å². The Morgan fingerprint density at radius 3 is 2.46 bits per heavy atom. The van der Waals surface area contributed by atoms with E-state index in [1.165, 1.54) is 12.1 Å². The number of esters is 1. The zero-order valence-electron chi connectivity index (χ0n) is 6.36. The Morgan fingerprint density at radius 2 is 1.92 bits per heavy atom. The molecule has 1 rings (SSSR count). The van der Waals surface area contributed by atoms with Gasteiger partial charge in [0.05, 0.1) is 0 Å². The Bertz CT molecular complexity index is 348. The number of rotatable bonds is 1. The number of para-hydroxylation sites is 1. The van der Waals surface area contributed by atoms with E-state index < -0.39 is 23.5 Å². The Balaban J connectivity index is 2.81. The predicted octanol–water partition coefficient (Wildman–Crippen LogP) is 0.816. The second-order valence-electron chi connectivity index (χ2n) is 2.13. The van der Waals surface area contributed by atoms with Crippen molar-refractivity contribution >= 4 is 11.9 Å². The molecule has 0 heterocycles. The van der Waals surface area contributed by atoms with Crippen LogP contribution in [0.2, 0.25) is 0 Å². The molecule has 0 amide bonds. The number of benzene rings is 1. The molecule has 68 valence electrons. The van der Waals surface area contributed by atoms with Crippen molar-refractivity contribution in [3.8, 4) is 5.75 Å². The van der Waals surface area contributed by atoms with Crippen molar-refractivity contribution in [1.29, 1.82) is 0 Å². The minimum atomic E-state index is -1.76. The lowest BCUT2D eigenvalue weighted by atomic mass is 10.3. The fourth-order valence-corrected chi connectivity index (χ4v) is 0.671. The minimum Gasteiger partial charge on any atom is -0.473 e. The van der Waals surface area contributed by atoms with E-state index in [1.54, 1.807) is 0 Å². The van der Waals surface area contributed by atoms with Crippen molar-refractivity contribution in [2.24, 2.45) is 0 Å². The molecular formula is C8H5FO4. The molecule has 0 aromatic heterocycles. The lowest BCUT2D eigenvalue weighted by Gasteiger charge is -2.00. The molecule has 1 aromatic rings. The first-order chi connectivity index (χ1) is 6.11. The van der Waals surface area contributed by atoms with Crippen LogP contribution in [0.1, 0.15) is 0 Å². The molecule has 0 fully saturated rings. The fourth-order valence-electron chi connectivity index (χ4n) is 0.671. The van der Waals surface area contributed by atoms with E-state index in [1.807, 2.05) is 0 Å². The molecule has 0 aliphatic rings. The molecule has 13 heavy (non-hydrogen) atoms. The van der Waals surface area contributed by atoms with Crippen molar-refractivity contribution in [1.82, 2.24) is 0 Å². The number of hydrogen-bond acceptors (Lipinski definition) is 3. The van der Waals surface area contributed by atoms with Crippen LogP contribution in [0.5, 0.6) is 5.75 Å². The van der Waals surface area contributed by atoms with Crippen molar-refractivity contribution in [2.45, 2.75) is 0 Å². The second-order valence-corrected chi connectivity index (χ2v) is 2.13. The van der Waals surface area contributed by atoms with Crippen molar-refractivity contribution in [3.63, 3.8) is 0 Å². The Morgan fingerprint density at radius 1 is 1.31 bits per heavy atom. The van der Waals surface area contributed by atoms with Gasteiger partial charge >= 0.3 is 11.9 Å². The summed E-state index contributed by atoms with van der Waals surface area (Å²) >= 11 is 0. The van der Waals surface area contributed by atoms with Gasteiger partial charge in [-0.1, -0.05) is 12.1 Å². The standard InChI is InChI=1S/C8H5FO4/c9-5-3-1-2-4-6(5)13-8(12)7(10)11/h1-4H,(H,10,11). The van der Waals surface area contributed by atoms with Gasteiger partial charge in [-0.25, -0.2) is 14.0 Å². The van der Waals surface area contributed by atoms with Gasteiger partial charge in [-0.2, -0.15) is 0 Å². The molecule has 0 radical (unpaired) electrons. The van der Waals surface area contributed by atoms with E-state index in [2.05, 4.69) is 4.74 Å². The molecule has 1 N–H and O–H groups in total. The summed E-state index contributed by atoms with van der Waals surface area (Å²) in [6, 6.07) is 5.04. The highest BCUT2D eigenvalue weighted by molar-refractivity contribution is 6.29. The number of carbonyl (C=O) groups excluding carboxylic acids is 1. The van der Waals surface area contributed by atoms with E-state index in [0.29, 0.717) is 0 Å². The molecule has 4 nitrogen and oxygen atoms in total. The summed E-state index contributed by atoms with van der Waals surface area (Å²) in [4.78, 5) is 20.5. The molecule has 0 saturated carbocycles. The van der Waals surface area contributed by atoms with Gasteiger partial charge in [0.1, 0.15) is 0 Å². The van der Waals surface area contributed by atoms with E-state index in [0.717, 1.165) is 12.1 Å². The summed E-state index contributed by atoms with van der Waals surface area (Å²) in [5.41, 5.74) is 0. The molecule has 0 saturated heterocycles. The van der Waals surface area contributed by atoms with Gasteiger partial charge in [0.15, 0.2) is 11.6 Å². The van der Waals surface area contributed by atoms with Gasteiger partial charge in [-0.05, 0) is 12.1 Å². The average Bonchev–Trinajstić information content (AvgIpc) is 2.08. The number of ether oxygens (including phenoxy) is 1. The molecule has 0 aliphatic carbocycles. The van der Waals surface area contributed by atoms with Gasteiger partial charge in [0.2, 0.25) is 0 Å². The number of halogens is 1. The molecule has 0 aliphatic heterocycles. The number of carboxylic acids is 1. The van der Waals surface area contributed by atoms with E-state index in [4.69, 9.17) is 5.11 Å². The Kier molecular flexibility index (Phi) is 2.59. The molecule has 0 spiro atoms. The molecular weight excluding hydrogens is 179 g/mol. The van der Waals surface area contributed by atoms with Crippen LogP contribution >= 0.6 is 0 Å². The van der Waals surface area contributed by atoms with Crippen molar-refractivity contribution in [3.05, 3.63) is 30.1 Å². The first kappa shape index (κ1) is 9.18. The molecule has 0 unspecified atom stereocenters. The second kappa shape index (κ2) is 3.66. The Hall–Kier alpha value is -1.91. The maximum absolute atomic E-state index is 12.7. The highest BCUT2D eigenvalue weighted by Crippen LogP contribution is 2.15. The normalized spacial score (nSPS) is 9.31. The van der Waals surface area contributed by atoms with Crippen LogP contribution in [-0.2, 0) is 9.59 Å². The third-order valence-corrected chi connectivity index (χ3v) is 1.21. The maximum atomic E-state index is 12.7. The first-order valence-corrected chi connectivity index (χ1v) is 3.31. The summed E-state index contributed by atoms with van der Waals surface area (Å²) in [5.74, 6) is -4.44. The van der Waals surface area contributed by atoms with E-state index in [9.17, 15) is 14.0 Å². The zero-order chi connectivity index (χ0) is 9.84. The quantitative estimate of drug-likeness (QED) is 0.398. The molecule has 1 aromatic carbocycles. The summed E-state index contributed by atoms with van der Waals surface area (Å²) in [6.45, 7) is 0. The molecule has 5 heteroatoms. The third kappa shape index (κ3) is 2.26. The van der Waals surface area contributed by atoms with E-state index in [-0.39, 0.29) is 0 Å². The SMILES string of the molecule is O=C(O)C(=O)Oc1ccccc1F. The van der Waals surface area contributed by atoms with Crippen molar-refractivity contribution in [2.75, 3.05) is 0 Å². The van der Waals surface area contributed by atoms with Crippen LogP contribution in [-0.4, -0.2) is 17.0 Å². The van der Waals surface area contributed by atoms with E-state index >= 15 is 0 Å². The van der Waals surface area contributed by atoms with Crippen LogP contribution in [0.15, 0.2) is 24.3 Å². The highest BCUT2D eigenvalue weighted by Gasteiger charge is 2.15. The van der Waals surface area contributed by atoms with Gasteiger partial charge < -0.3 is 9.84 Å². The summed E-state index contributed by atoms with van der Waals surface area (Å²) in [7, 11) is 0. The summed E-state index contributed by atoms with van der Waals surface area (Å²) in [5, 5.41) is 8.14. The van der Waals surface area contributed by atoms with Gasteiger partial charge in [-0.3, -0.25) is 0 Å². The fraction of sp³-hybridized carbons (Fsp3) is 0. The van der Waals surface area contributed by atoms with Crippen LogP contribution in [0.25, 0.3) is 0 Å². The minimum absolute atomic E-state index is 0.394.